The Hall–Kier alpha value is -0.830. The number of nitrogens with one attached hydrogen (secondary N) is 1. The molecule has 2 unspecified atom stereocenters. The minimum Gasteiger partial charge on any atom is -0.396 e. The molecule has 0 aliphatic heterocycles. The Labute approximate surface area is 85.2 Å². The second-order valence-electron chi connectivity index (χ2n) is 4.06. The van der Waals surface area contributed by atoms with E-state index in [-0.39, 0.29) is 18.4 Å². The fourth-order valence-corrected chi connectivity index (χ4v) is 1.53. The highest BCUT2D eigenvalue weighted by molar-refractivity contribution is 5.76. The zero-order valence-corrected chi connectivity index (χ0v) is 8.70. The Balaban J connectivity index is 2.12. The largest absolute Gasteiger partial charge is 0.396 e. The quantitative estimate of drug-likeness (QED) is 0.648. The van der Waals surface area contributed by atoms with Gasteiger partial charge >= 0.3 is 0 Å². The lowest BCUT2D eigenvalue weighted by atomic mass is 10.0. The molecule has 0 radical (unpaired) electrons. The molecule has 3 nitrogen and oxygen atoms in total. The van der Waals surface area contributed by atoms with Crippen molar-refractivity contribution in [3.05, 3.63) is 12.2 Å². The zero-order chi connectivity index (χ0) is 10.4. The van der Waals surface area contributed by atoms with Crippen LogP contribution in [0, 0.1) is 11.8 Å². The molecule has 3 heteroatoms. The third kappa shape index (κ3) is 3.92. The van der Waals surface area contributed by atoms with Gasteiger partial charge in [-0.25, -0.2) is 0 Å². The first-order valence-electron chi connectivity index (χ1n) is 5.26. The first kappa shape index (κ1) is 11.2. The standard InChI is InChI=1S/C11H19NO2/c1-9(8-13)7-12-11(14)6-10-4-2-3-5-10/h2,4,9-10,13H,3,5-8H2,1H3,(H,12,14). The summed E-state index contributed by atoms with van der Waals surface area (Å²) in [7, 11) is 0. The molecule has 0 spiro atoms. The van der Waals surface area contributed by atoms with Gasteiger partial charge in [-0.15, -0.1) is 0 Å². The second kappa shape index (κ2) is 5.81. The van der Waals surface area contributed by atoms with Crippen molar-refractivity contribution in [2.75, 3.05) is 13.2 Å². The van der Waals surface area contributed by atoms with Crippen molar-refractivity contribution in [2.45, 2.75) is 26.2 Å². The number of allylic oxidation sites excluding steroid dienone is 2. The maximum Gasteiger partial charge on any atom is 0.220 e. The van der Waals surface area contributed by atoms with Gasteiger partial charge in [-0.05, 0) is 24.7 Å². The molecule has 0 bridgehead atoms. The minimum absolute atomic E-state index is 0.0989. The summed E-state index contributed by atoms with van der Waals surface area (Å²) in [4.78, 5) is 11.4. The van der Waals surface area contributed by atoms with Gasteiger partial charge in [0.05, 0.1) is 0 Å². The average Bonchev–Trinajstić information content (AvgIpc) is 2.66. The van der Waals surface area contributed by atoms with Crippen LogP contribution in [0.1, 0.15) is 26.2 Å². The van der Waals surface area contributed by atoms with Crippen LogP contribution in [0.5, 0.6) is 0 Å². The predicted octanol–water partition coefficient (Wildman–Crippen LogP) is 1.09. The van der Waals surface area contributed by atoms with Crippen LogP contribution in [-0.4, -0.2) is 24.2 Å². The second-order valence-corrected chi connectivity index (χ2v) is 4.06. The summed E-state index contributed by atoms with van der Waals surface area (Å²) in [5.41, 5.74) is 0. The molecule has 14 heavy (non-hydrogen) atoms. The van der Waals surface area contributed by atoms with Crippen molar-refractivity contribution in [1.29, 1.82) is 0 Å². The highest BCUT2D eigenvalue weighted by Gasteiger charge is 2.13. The van der Waals surface area contributed by atoms with Gasteiger partial charge in [0.1, 0.15) is 0 Å². The van der Waals surface area contributed by atoms with E-state index in [4.69, 9.17) is 5.11 Å². The number of rotatable bonds is 5. The molecular formula is C11H19NO2. The van der Waals surface area contributed by atoms with Gasteiger partial charge in [-0.2, -0.15) is 0 Å². The van der Waals surface area contributed by atoms with Crippen LogP contribution < -0.4 is 5.32 Å². The summed E-state index contributed by atoms with van der Waals surface area (Å²) in [6, 6.07) is 0. The van der Waals surface area contributed by atoms with Crippen LogP contribution in [0.2, 0.25) is 0 Å². The monoisotopic (exact) mass is 197 g/mol. The summed E-state index contributed by atoms with van der Waals surface area (Å²) >= 11 is 0. The van der Waals surface area contributed by atoms with E-state index in [0.717, 1.165) is 12.8 Å². The fourth-order valence-electron chi connectivity index (χ4n) is 1.53. The van der Waals surface area contributed by atoms with Gasteiger partial charge in [0, 0.05) is 19.6 Å². The average molecular weight is 197 g/mol. The van der Waals surface area contributed by atoms with Gasteiger partial charge in [0.15, 0.2) is 0 Å². The van der Waals surface area contributed by atoms with E-state index < -0.39 is 0 Å². The Kier molecular flexibility index (Phi) is 4.66. The van der Waals surface area contributed by atoms with E-state index in [2.05, 4.69) is 17.5 Å². The van der Waals surface area contributed by atoms with Crippen LogP contribution in [0.4, 0.5) is 0 Å². The van der Waals surface area contributed by atoms with Crippen molar-refractivity contribution in [1.82, 2.24) is 5.32 Å². The lowest BCUT2D eigenvalue weighted by molar-refractivity contribution is -0.121. The predicted molar refractivity (Wildman–Crippen MR) is 55.7 cm³/mol. The van der Waals surface area contributed by atoms with E-state index in [1.807, 2.05) is 6.92 Å². The molecule has 1 aliphatic rings. The number of hydrogen-bond donors (Lipinski definition) is 2. The molecule has 80 valence electrons. The van der Waals surface area contributed by atoms with Gasteiger partial charge in [0.2, 0.25) is 5.91 Å². The Bertz CT molecular complexity index is 213. The first-order chi connectivity index (χ1) is 6.72. The third-order valence-corrected chi connectivity index (χ3v) is 2.52. The number of carbonyl (C=O) groups excluding carboxylic acids is 1. The lowest BCUT2D eigenvalue weighted by Gasteiger charge is -2.11. The van der Waals surface area contributed by atoms with E-state index in [1.54, 1.807) is 0 Å². The van der Waals surface area contributed by atoms with Gasteiger partial charge in [0.25, 0.3) is 0 Å². The Morgan fingerprint density at radius 1 is 1.71 bits per heavy atom. The summed E-state index contributed by atoms with van der Waals surface area (Å²) < 4.78 is 0. The van der Waals surface area contributed by atoms with Gasteiger partial charge in [-0.3, -0.25) is 4.79 Å². The topological polar surface area (TPSA) is 49.3 Å². The van der Waals surface area contributed by atoms with Crippen LogP contribution >= 0.6 is 0 Å². The van der Waals surface area contributed by atoms with Crippen molar-refractivity contribution in [3.63, 3.8) is 0 Å². The molecule has 1 rings (SSSR count). The minimum atomic E-state index is 0.0989. The van der Waals surface area contributed by atoms with E-state index in [9.17, 15) is 4.79 Å². The zero-order valence-electron chi connectivity index (χ0n) is 8.70. The highest BCUT2D eigenvalue weighted by atomic mass is 16.3. The summed E-state index contributed by atoms with van der Waals surface area (Å²) in [5, 5.41) is 11.6. The lowest BCUT2D eigenvalue weighted by Crippen LogP contribution is -2.30. The number of amides is 1. The molecular weight excluding hydrogens is 178 g/mol. The van der Waals surface area contributed by atoms with Gasteiger partial charge < -0.3 is 10.4 Å². The Morgan fingerprint density at radius 2 is 2.50 bits per heavy atom. The summed E-state index contributed by atoms with van der Waals surface area (Å²) in [5.74, 6) is 0.680. The van der Waals surface area contributed by atoms with Crippen LogP contribution in [0.15, 0.2) is 12.2 Å². The maximum absolute atomic E-state index is 11.4. The normalized spacial score (nSPS) is 22.3. The molecule has 0 heterocycles. The van der Waals surface area contributed by atoms with E-state index >= 15 is 0 Å². The van der Waals surface area contributed by atoms with E-state index in [1.165, 1.54) is 0 Å². The summed E-state index contributed by atoms with van der Waals surface area (Å²) in [6.45, 7) is 2.62. The third-order valence-electron chi connectivity index (χ3n) is 2.52. The Morgan fingerprint density at radius 3 is 3.07 bits per heavy atom. The molecule has 0 saturated carbocycles. The molecule has 0 aromatic heterocycles. The molecule has 0 fully saturated rings. The number of aliphatic hydroxyl groups excluding tert-OH is 1. The fraction of sp³-hybridized carbons (Fsp3) is 0.727. The van der Waals surface area contributed by atoms with Crippen molar-refractivity contribution in [3.8, 4) is 0 Å². The number of hydrogen-bond acceptors (Lipinski definition) is 2. The SMILES string of the molecule is CC(CO)CNC(=O)CC1C=CCC1. The van der Waals surface area contributed by atoms with Crippen molar-refractivity contribution >= 4 is 5.91 Å². The molecule has 0 saturated heterocycles. The van der Waals surface area contributed by atoms with Crippen LogP contribution in [0.3, 0.4) is 0 Å². The smallest absolute Gasteiger partial charge is 0.220 e. The molecule has 2 N–H and O–H groups in total. The highest BCUT2D eigenvalue weighted by Crippen LogP contribution is 2.19. The molecule has 1 aliphatic carbocycles. The maximum atomic E-state index is 11.4. The summed E-state index contributed by atoms with van der Waals surface area (Å²) in [6.07, 6.45) is 7.05. The molecule has 0 aromatic carbocycles. The van der Waals surface area contributed by atoms with Crippen LogP contribution in [0.25, 0.3) is 0 Å². The van der Waals surface area contributed by atoms with Crippen LogP contribution in [-0.2, 0) is 4.79 Å². The number of carbonyl (C=O) groups is 1. The number of aliphatic hydroxyl groups is 1. The molecule has 2 atom stereocenters. The van der Waals surface area contributed by atoms with Crippen molar-refractivity contribution in [2.24, 2.45) is 11.8 Å². The van der Waals surface area contributed by atoms with Gasteiger partial charge in [-0.1, -0.05) is 19.1 Å². The molecule has 0 aromatic rings. The molecule has 1 amide bonds. The van der Waals surface area contributed by atoms with Crippen molar-refractivity contribution < 1.29 is 9.90 Å². The van der Waals surface area contributed by atoms with E-state index in [0.29, 0.717) is 18.9 Å². The first-order valence-corrected chi connectivity index (χ1v) is 5.26.